The van der Waals surface area contributed by atoms with E-state index in [9.17, 15) is 15.0 Å². The highest BCUT2D eigenvalue weighted by atomic mass is 35.5. The summed E-state index contributed by atoms with van der Waals surface area (Å²) in [6.45, 7) is 1.23. The van der Waals surface area contributed by atoms with Gasteiger partial charge in [-0.1, -0.05) is 6.07 Å². The van der Waals surface area contributed by atoms with Crippen molar-refractivity contribution in [1.82, 2.24) is 10.7 Å². The fourth-order valence-corrected chi connectivity index (χ4v) is 2.47. The highest BCUT2D eigenvalue weighted by Crippen LogP contribution is 2.27. The molecule has 2 aromatic rings. The van der Waals surface area contributed by atoms with E-state index in [0.29, 0.717) is 30.2 Å². The van der Waals surface area contributed by atoms with E-state index in [0.717, 1.165) is 12.0 Å². The second-order valence-corrected chi connectivity index (χ2v) is 5.98. The first-order chi connectivity index (χ1) is 13.5. The predicted molar refractivity (Wildman–Crippen MR) is 113 cm³/mol. The van der Waals surface area contributed by atoms with Crippen molar-refractivity contribution < 1.29 is 24.5 Å². The molecule has 1 amide bonds. The van der Waals surface area contributed by atoms with Gasteiger partial charge in [-0.05, 0) is 42.8 Å². The van der Waals surface area contributed by atoms with E-state index in [2.05, 4.69) is 15.8 Å². The van der Waals surface area contributed by atoms with Crippen molar-refractivity contribution in [3.8, 4) is 23.0 Å². The SMILES string of the molecule is COc1ccc(CCNCCC(=O)NN=Cc2ccc(O)cc2O)cc1OC.Cl. The van der Waals surface area contributed by atoms with Gasteiger partial charge in [-0.2, -0.15) is 5.10 Å². The number of benzene rings is 2. The van der Waals surface area contributed by atoms with Gasteiger partial charge in [-0.25, -0.2) is 5.43 Å². The maximum Gasteiger partial charge on any atom is 0.241 e. The highest BCUT2D eigenvalue weighted by molar-refractivity contribution is 5.85. The van der Waals surface area contributed by atoms with Crippen molar-refractivity contribution in [3.63, 3.8) is 0 Å². The van der Waals surface area contributed by atoms with Crippen LogP contribution < -0.4 is 20.2 Å². The molecular weight excluding hydrogens is 398 g/mol. The number of amides is 1. The Morgan fingerprint density at radius 1 is 1.07 bits per heavy atom. The minimum atomic E-state index is -0.242. The van der Waals surface area contributed by atoms with Gasteiger partial charge >= 0.3 is 0 Å². The Morgan fingerprint density at radius 2 is 1.83 bits per heavy atom. The monoisotopic (exact) mass is 423 g/mol. The number of carbonyl (C=O) groups excluding carboxylic acids is 1. The lowest BCUT2D eigenvalue weighted by molar-refractivity contribution is -0.120. The smallest absolute Gasteiger partial charge is 0.241 e. The number of methoxy groups -OCH3 is 2. The van der Waals surface area contributed by atoms with Crippen molar-refractivity contribution in [2.45, 2.75) is 12.8 Å². The maximum absolute atomic E-state index is 11.8. The number of carbonyl (C=O) groups is 1. The van der Waals surface area contributed by atoms with E-state index in [4.69, 9.17) is 9.47 Å². The summed E-state index contributed by atoms with van der Waals surface area (Å²) in [6, 6.07) is 9.89. The van der Waals surface area contributed by atoms with Crippen LogP contribution >= 0.6 is 12.4 Å². The van der Waals surface area contributed by atoms with Crippen LogP contribution in [-0.4, -0.2) is 49.6 Å². The first kappa shape index (κ1) is 24.1. The minimum Gasteiger partial charge on any atom is -0.508 e. The summed E-state index contributed by atoms with van der Waals surface area (Å²) < 4.78 is 10.5. The molecule has 0 aliphatic heterocycles. The zero-order chi connectivity index (χ0) is 20.4. The van der Waals surface area contributed by atoms with Crippen LogP contribution in [0.25, 0.3) is 0 Å². The van der Waals surface area contributed by atoms with Gasteiger partial charge in [-0.3, -0.25) is 4.79 Å². The van der Waals surface area contributed by atoms with Gasteiger partial charge in [0.2, 0.25) is 5.91 Å². The van der Waals surface area contributed by atoms with Crippen LogP contribution in [0.3, 0.4) is 0 Å². The third kappa shape index (κ3) is 7.89. The van der Waals surface area contributed by atoms with E-state index in [-0.39, 0.29) is 36.2 Å². The lowest BCUT2D eigenvalue weighted by atomic mass is 10.1. The van der Waals surface area contributed by atoms with Crippen molar-refractivity contribution in [3.05, 3.63) is 47.5 Å². The lowest BCUT2D eigenvalue weighted by Crippen LogP contribution is -2.25. The summed E-state index contributed by atoms with van der Waals surface area (Å²) in [5.41, 5.74) is 3.89. The summed E-state index contributed by atoms with van der Waals surface area (Å²) in [7, 11) is 3.20. The van der Waals surface area contributed by atoms with Crippen molar-refractivity contribution >= 4 is 24.5 Å². The predicted octanol–water partition coefficient (Wildman–Crippen LogP) is 2.21. The molecule has 2 rings (SSSR count). The highest BCUT2D eigenvalue weighted by Gasteiger charge is 2.05. The topological polar surface area (TPSA) is 112 Å². The second kappa shape index (κ2) is 12.5. The molecule has 0 heterocycles. The van der Waals surface area contributed by atoms with E-state index in [1.165, 1.54) is 24.4 Å². The zero-order valence-electron chi connectivity index (χ0n) is 16.3. The maximum atomic E-state index is 11.8. The normalized spacial score (nSPS) is 10.4. The van der Waals surface area contributed by atoms with E-state index in [1.807, 2.05) is 18.2 Å². The van der Waals surface area contributed by atoms with Gasteiger partial charge < -0.3 is 25.0 Å². The molecule has 9 heteroatoms. The average molecular weight is 424 g/mol. The number of hydrogen-bond donors (Lipinski definition) is 4. The number of phenols is 2. The number of hydrazone groups is 1. The molecule has 4 N–H and O–H groups in total. The van der Waals surface area contributed by atoms with Gasteiger partial charge in [0, 0.05) is 24.6 Å². The number of halogens is 1. The minimum absolute atomic E-state index is 0. The largest absolute Gasteiger partial charge is 0.508 e. The fourth-order valence-electron chi connectivity index (χ4n) is 2.47. The van der Waals surface area contributed by atoms with Crippen LogP contribution in [0.5, 0.6) is 23.0 Å². The first-order valence-electron chi connectivity index (χ1n) is 8.79. The molecule has 29 heavy (non-hydrogen) atoms. The van der Waals surface area contributed by atoms with Crippen LogP contribution in [0.4, 0.5) is 0 Å². The van der Waals surface area contributed by atoms with Gasteiger partial charge in [0.25, 0.3) is 0 Å². The molecule has 0 bridgehead atoms. The van der Waals surface area contributed by atoms with Gasteiger partial charge in [-0.15, -0.1) is 12.4 Å². The molecule has 158 valence electrons. The average Bonchev–Trinajstić information content (AvgIpc) is 2.69. The Hall–Kier alpha value is -2.97. The summed E-state index contributed by atoms with van der Waals surface area (Å²) >= 11 is 0. The molecule has 0 aliphatic carbocycles. The van der Waals surface area contributed by atoms with Crippen molar-refractivity contribution in [2.75, 3.05) is 27.3 Å². The Labute approximate surface area is 176 Å². The summed E-state index contributed by atoms with van der Waals surface area (Å²) in [6.07, 6.45) is 2.38. The van der Waals surface area contributed by atoms with Crippen LogP contribution in [0.1, 0.15) is 17.5 Å². The second-order valence-electron chi connectivity index (χ2n) is 5.98. The number of rotatable bonds is 10. The van der Waals surface area contributed by atoms with E-state index in [1.54, 1.807) is 14.2 Å². The van der Waals surface area contributed by atoms with Gasteiger partial charge in [0.05, 0.1) is 20.4 Å². The number of nitrogens with zero attached hydrogens (tertiary/aromatic N) is 1. The van der Waals surface area contributed by atoms with Gasteiger partial charge in [0.15, 0.2) is 11.5 Å². The third-order valence-electron chi connectivity index (χ3n) is 3.97. The number of ether oxygens (including phenoxy) is 2. The summed E-state index contributed by atoms with van der Waals surface area (Å²) in [4.78, 5) is 11.8. The molecule has 0 spiro atoms. The van der Waals surface area contributed by atoms with E-state index >= 15 is 0 Å². The van der Waals surface area contributed by atoms with Crippen LogP contribution in [0.2, 0.25) is 0 Å². The van der Waals surface area contributed by atoms with Crippen LogP contribution in [0, 0.1) is 0 Å². The number of phenolic OH excluding ortho intramolecular Hbond substituents is 2. The molecule has 0 aromatic heterocycles. The zero-order valence-corrected chi connectivity index (χ0v) is 17.2. The molecule has 0 atom stereocenters. The molecular formula is C20H26ClN3O5. The van der Waals surface area contributed by atoms with Gasteiger partial charge in [0.1, 0.15) is 11.5 Å². The van der Waals surface area contributed by atoms with E-state index < -0.39 is 0 Å². The molecule has 0 radical (unpaired) electrons. The Bertz CT molecular complexity index is 830. The van der Waals surface area contributed by atoms with Crippen LogP contribution in [-0.2, 0) is 11.2 Å². The third-order valence-corrected chi connectivity index (χ3v) is 3.97. The Kier molecular flexibility index (Phi) is 10.4. The summed E-state index contributed by atoms with van der Waals surface area (Å²) in [5.74, 6) is 0.981. The van der Waals surface area contributed by atoms with Crippen molar-refractivity contribution in [2.24, 2.45) is 5.10 Å². The first-order valence-corrected chi connectivity index (χ1v) is 8.79. The standard InChI is InChI=1S/C20H25N3O5.ClH/c1-27-18-6-3-14(11-19(18)28-2)7-9-21-10-8-20(26)23-22-13-15-4-5-16(24)12-17(15)25;/h3-6,11-13,21,24-25H,7-10H2,1-2H3,(H,23,26);1H. The van der Waals surface area contributed by atoms with Crippen molar-refractivity contribution in [1.29, 1.82) is 0 Å². The lowest BCUT2D eigenvalue weighted by Gasteiger charge is -2.10. The fraction of sp³-hybridized carbons (Fsp3) is 0.300. The number of nitrogens with one attached hydrogen (secondary N) is 2. The molecule has 2 aromatic carbocycles. The molecule has 0 aliphatic rings. The summed E-state index contributed by atoms with van der Waals surface area (Å²) in [5, 5.41) is 25.8. The Morgan fingerprint density at radius 3 is 2.52 bits per heavy atom. The molecule has 8 nitrogen and oxygen atoms in total. The number of hydrogen-bond acceptors (Lipinski definition) is 7. The molecule has 0 unspecified atom stereocenters. The quantitative estimate of drug-likeness (QED) is 0.265. The number of aromatic hydroxyl groups is 2. The van der Waals surface area contributed by atoms with Crippen LogP contribution in [0.15, 0.2) is 41.5 Å². The molecule has 0 saturated heterocycles. The Balaban J connectivity index is 0.00000420. The molecule has 0 fully saturated rings. The molecule has 0 saturated carbocycles.